The molecule has 3 N–H and O–H groups in total. The Morgan fingerprint density at radius 3 is 2.71 bits per heavy atom. The second-order valence-corrected chi connectivity index (χ2v) is 6.69. The summed E-state index contributed by atoms with van der Waals surface area (Å²) in [6, 6.07) is 0. The van der Waals surface area contributed by atoms with E-state index in [0.717, 1.165) is 50.0 Å². The summed E-state index contributed by atoms with van der Waals surface area (Å²) < 4.78 is 1.94. The van der Waals surface area contributed by atoms with E-state index in [1.807, 2.05) is 25.5 Å². The van der Waals surface area contributed by atoms with Crippen molar-refractivity contribution in [3.63, 3.8) is 0 Å². The lowest BCUT2D eigenvalue weighted by Crippen LogP contribution is -2.48. The van der Waals surface area contributed by atoms with Crippen LogP contribution in [0.15, 0.2) is 4.99 Å². The van der Waals surface area contributed by atoms with E-state index in [9.17, 15) is 5.11 Å². The van der Waals surface area contributed by atoms with Crippen molar-refractivity contribution >= 4 is 29.9 Å². The van der Waals surface area contributed by atoms with Crippen LogP contribution in [0.4, 0.5) is 0 Å². The molecule has 0 spiro atoms. The van der Waals surface area contributed by atoms with Crippen molar-refractivity contribution in [2.75, 3.05) is 13.1 Å². The Hall–Kier alpha value is -0.900. The molecule has 1 aromatic rings. The van der Waals surface area contributed by atoms with Gasteiger partial charge in [0.05, 0.1) is 6.10 Å². The van der Waals surface area contributed by atoms with Crippen LogP contribution < -0.4 is 10.6 Å². The monoisotopic (exact) mass is 450 g/mol. The third-order valence-corrected chi connectivity index (χ3v) is 4.85. The number of aryl methyl sites for hydroxylation is 1. The van der Waals surface area contributed by atoms with Crippen LogP contribution in [-0.2, 0) is 13.6 Å². The summed E-state index contributed by atoms with van der Waals surface area (Å²) in [5.41, 5.74) is -0.0875. The van der Waals surface area contributed by atoms with Crippen LogP contribution >= 0.6 is 24.0 Å². The van der Waals surface area contributed by atoms with E-state index < -0.39 is 0 Å². The predicted octanol–water partition coefficient (Wildman–Crippen LogP) is 1.74. The van der Waals surface area contributed by atoms with Crippen LogP contribution in [0, 0.1) is 12.3 Å². The van der Waals surface area contributed by atoms with Crippen molar-refractivity contribution in [1.29, 1.82) is 0 Å². The van der Waals surface area contributed by atoms with Crippen LogP contribution in [0.1, 0.15) is 51.2 Å². The van der Waals surface area contributed by atoms with Crippen molar-refractivity contribution in [3.8, 4) is 0 Å². The van der Waals surface area contributed by atoms with Gasteiger partial charge in [-0.3, -0.25) is 0 Å². The van der Waals surface area contributed by atoms with Gasteiger partial charge in [0.2, 0.25) is 0 Å². The second kappa shape index (κ2) is 9.55. The predicted molar refractivity (Wildman–Crippen MR) is 107 cm³/mol. The fourth-order valence-corrected chi connectivity index (χ4v) is 2.95. The van der Waals surface area contributed by atoms with Gasteiger partial charge in [-0.15, -0.1) is 34.2 Å². The van der Waals surface area contributed by atoms with E-state index in [-0.39, 0.29) is 35.5 Å². The van der Waals surface area contributed by atoms with Crippen LogP contribution in [0.25, 0.3) is 0 Å². The smallest absolute Gasteiger partial charge is 0.191 e. The molecule has 0 saturated heterocycles. The van der Waals surface area contributed by atoms with Gasteiger partial charge in [-0.25, -0.2) is 4.99 Å². The van der Waals surface area contributed by atoms with E-state index in [2.05, 4.69) is 32.7 Å². The van der Waals surface area contributed by atoms with Gasteiger partial charge in [-0.05, 0) is 26.7 Å². The van der Waals surface area contributed by atoms with Crippen LogP contribution in [0.5, 0.6) is 0 Å². The molecule has 0 bridgehead atoms. The molecular formula is C16H31IN6O. The van der Waals surface area contributed by atoms with Gasteiger partial charge in [-0.1, -0.05) is 19.8 Å². The number of hydrogen-bond acceptors (Lipinski definition) is 4. The van der Waals surface area contributed by atoms with Crippen LogP contribution in [-0.4, -0.2) is 45.0 Å². The van der Waals surface area contributed by atoms with Crippen molar-refractivity contribution in [2.45, 2.75) is 59.1 Å². The van der Waals surface area contributed by atoms with Gasteiger partial charge in [0.25, 0.3) is 0 Å². The van der Waals surface area contributed by atoms with E-state index >= 15 is 0 Å². The van der Waals surface area contributed by atoms with E-state index in [1.54, 1.807) is 0 Å². The third-order valence-electron chi connectivity index (χ3n) is 4.85. The van der Waals surface area contributed by atoms with Gasteiger partial charge >= 0.3 is 0 Å². The normalized spacial score (nSPS) is 24.4. The average Bonchev–Trinajstić information content (AvgIpc) is 2.85. The highest BCUT2D eigenvalue weighted by Crippen LogP contribution is 2.35. The summed E-state index contributed by atoms with van der Waals surface area (Å²) in [5, 5.41) is 25.1. The molecule has 1 aliphatic carbocycles. The van der Waals surface area contributed by atoms with E-state index in [1.165, 1.54) is 6.42 Å². The minimum atomic E-state index is -0.243. The number of aliphatic imine (C=N–C) groups is 1. The Labute approximate surface area is 161 Å². The Morgan fingerprint density at radius 2 is 2.12 bits per heavy atom. The minimum absolute atomic E-state index is 0. The zero-order valence-corrected chi connectivity index (χ0v) is 17.5. The summed E-state index contributed by atoms with van der Waals surface area (Å²) in [6.45, 7) is 8.11. The van der Waals surface area contributed by atoms with Gasteiger partial charge in [0, 0.05) is 25.6 Å². The molecule has 2 rings (SSSR count). The number of aliphatic hydroxyl groups is 1. The van der Waals surface area contributed by atoms with Crippen molar-refractivity contribution in [3.05, 3.63) is 11.6 Å². The maximum absolute atomic E-state index is 10.3. The molecule has 7 nitrogen and oxygen atoms in total. The number of aliphatic hydroxyl groups excluding tert-OH is 1. The molecule has 1 heterocycles. The molecule has 8 heteroatoms. The summed E-state index contributed by atoms with van der Waals surface area (Å²) in [5.74, 6) is 2.47. The largest absolute Gasteiger partial charge is 0.392 e. The van der Waals surface area contributed by atoms with Gasteiger partial charge in [0.15, 0.2) is 11.8 Å². The SMILES string of the molecule is CCNC(=NCc1nnc(C)n1C)NCC1(C)CCCCC1O.I. The summed E-state index contributed by atoms with van der Waals surface area (Å²) in [6.07, 6.45) is 4.00. The van der Waals surface area contributed by atoms with E-state index in [4.69, 9.17) is 0 Å². The third kappa shape index (κ3) is 5.30. The first-order valence-electron chi connectivity index (χ1n) is 8.51. The van der Waals surface area contributed by atoms with Crippen LogP contribution in [0.2, 0.25) is 0 Å². The first kappa shape index (κ1) is 21.1. The summed E-state index contributed by atoms with van der Waals surface area (Å²) in [4.78, 5) is 4.59. The average molecular weight is 450 g/mol. The Balaban J connectivity index is 0.00000288. The zero-order valence-electron chi connectivity index (χ0n) is 15.2. The number of rotatable bonds is 5. The van der Waals surface area contributed by atoms with Gasteiger partial charge < -0.3 is 20.3 Å². The van der Waals surface area contributed by atoms with Crippen molar-refractivity contribution in [1.82, 2.24) is 25.4 Å². The number of aromatic nitrogens is 3. The highest BCUT2D eigenvalue weighted by molar-refractivity contribution is 14.0. The Bertz CT molecular complexity index is 547. The number of hydrogen-bond donors (Lipinski definition) is 3. The molecule has 1 aliphatic rings. The molecule has 0 radical (unpaired) electrons. The fourth-order valence-electron chi connectivity index (χ4n) is 2.95. The molecule has 24 heavy (non-hydrogen) atoms. The summed E-state index contributed by atoms with van der Waals surface area (Å²) >= 11 is 0. The number of guanidine groups is 1. The lowest BCUT2D eigenvalue weighted by molar-refractivity contribution is 0.00397. The number of nitrogens with one attached hydrogen (secondary N) is 2. The van der Waals surface area contributed by atoms with Crippen molar-refractivity contribution in [2.24, 2.45) is 17.5 Å². The molecule has 0 amide bonds. The molecular weight excluding hydrogens is 419 g/mol. The molecule has 1 saturated carbocycles. The van der Waals surface area contributed by atoms with Crippen molar-refractivity contribution < 1.29 is 5.11 Å². The molecule has 1 aromatic heterocycles. The quantitative estimate of drug-likeness (QED) is 0.362. The first-order chi connectivity index (χ1) is 11.0. The molecule has 2 atom stereocenters. The van der Waals surface area contributed by atoms with Gasteiger partial charge in [0.1, 0.15) is 12.4 Å². The first-order valence-corrected chi connectivity index (χ1v) is 8.51. The number of halogens is 1. The highest BCUT2D eigenvalue weighted by atomic mass is 127. The molecule has 138 valence electrons. The van der Waals surface area contributed by atoms with Gasteiger partial charge in [-0.2, -0.15) is 0 Å². The maximum Gasteiger partial charge on any atom is 0.191 e. The Morgan fingerprint density at radius 1 is 1.38 bits per heavy atom. The molecule has 0 aromatic carbocycles. The standard InChI is InChI=1S/C16H30N6O.HI/c1-5-17-15(18-10-14-21-20-12(2)22(14)4)19-11-16(3)9-7-6-8-13(16)23;/h13,23H,5-11H2,1-4H3,(H2,17,18,19);1H. The fraction of sp³-hybridized carbons (Fsp3) is 0.812. The topological polar surface area (TPSA) is 87.4 Å². The van der Waals surface area contributed by atoms with Crippen LogP contribution in [0.3, 0.4) is 0 Å². The molecule has 1 fully saturated rings. The lowest BCUT2D eigenvalue weighted by Gasteiger charge is -2.38. The second-order valence-electron chi connectivity index (χ2n) is 6.69. The molecule has 0 aliphatic heterocycles. The minimum Gasteiger partial charge on any atom is -0.392 e. The van der Waals surface area contributed by atoms with E-state index in [0.29, 0.717) is 6.54 Å². The lowest BCUT2D eigenvalue weighted by atomic mass is 9.73. The number of nitrogens with zero attached hydrogens (tertiary/aromatic N) is 4. The summed E-state index contributed by atoms with van der Waals surface area (Å²) in [7, 11) is 1.94. The maximum atomic E-state index is 10.3. The highest BCUT2D eigenvalue weighted by Gasteiger charge is 2.35. The zero-order chi connectivity index (χ0) is 16.9. The molecule has 2 unspecified atom stereocenters. The Kier molecular flexibility index (Phi) is 8.41.